The lowest BCUT2D eigenvalue weighted by Gasteiger charge is -2.21. The molecule has 0 aliphatic rings. The molecule has 0 atom stereocenters. The quantitative estimate of drug-likeness (QED) is 0.560. The summed E-state index contributed by atoms with van der Waals surface area (Å²) in [6.45, 7) is 10.2. The number of halogens is 1. The molecule has 2 heteroatoms. The molecule has 0 aliphatic heterocycles. The molecule has 0 saturated carbocycles. The van der Waals surface area contributed by atoms with Crippen molar-refractivity contribution in [2.75, 3.05) is 25.5 Å². The van der Waals surface area contributed by atoms with E-state index in [2.05, 4.69) is 25.7 Å². The Hall–Kier alpha value is 0.250. The lowest BCUT2D eigenvalue weighted by Crippen LogP contribution is -2.28. The van der Waals surface area contributed by atoms with Crippen LogP contribution >= 0.6 is 11.6 Å². The Morgan fingerprint density at radius 3 is 2.25 bits per heavy atom. The van der Waals surface area contributed by atoms with Gasteiger partial charge < -0.3 is 4.90 Å². The number of hydrogen-bond acceptors (Lipinski definition) is 1. The first-order valence-electron chi connectivity index (χ1n) is 4.99. The van der Waals surface area contributed by atoms with E-state index in [0.29, 0.717) is 0 Å². The minimum Gasteiger partial charge on any atom is -0.302 e. The third-order valence-corrected chi connectivity index (χ3v) is 2.13. The summed E-state index contributed by atoms with van der Waals surface area (Å²) in [5.41, 5.74) is 0. The summed E-state index contributed by atoms with van der Waals surface area (Å²) in [4.78, 5) is 2.45. The van der Waals surface area contributed by atoms with Gasteiger partial charge in [-0.1, -0.05) is 20.8 Å². The molecule has 12 heavy (non-hydrogen) atoms. The van der Waals surface area contributed by atoms with Crippen molar-refractivity contribution in [3.05, 3.63) is 0 Å². The molecule has 0 rings (SSSR count). The van der Waals surface area contributed by atoms with Crippen LogP contribution in [0.2, 0.25) is 0 Å². The minimum atomic E-state index is 0.762. The Bertz CT molecular complexity index is 87.8. The molecule has 0 aliphatic carbocycles. The fraction of sp³-hybridized carbons (Fsp3) is 1.00. The molecule has 0 aromatic rings. The molecule has 0 spiro atoms. The van der Waals surface area contributed by atoms with Crippen molar-refractivity contribution in [1.82, 2.24) is 4.90 Å². The molecule has 0 aromatic heterocycles. The maximum absolute atomic E-state index is 5.71. The summed E-state index contributed by atoms with van der Waals surface area (Å²) in [6.07, 6.45) is 2.52. The van der Waals surface area contributed by atoms with E-state index in [0.717, 1.165) is 18.3 Å². The first-order chi connectivity index (χ1) is 5.70. The lowest BCUT2D eigenvalue weighted by atomic mass is 10.1. The summed E-state index contributed by atoms with van der Waals surface area (Å²) in [7, 11) is 0. The topological polar surface area (TPSA) is 3.24 Å². The molecule has 0 unspecified atom stereocenters. The molecular weight excluding hydrogens is 170 g/mol. The van der Waals surface area contributed by atoms with Crippen LogP contribution in [0, 0.1) is 5.92 Å². The Morgan fingerprint density at radius 2 is 1.83 bits per heavy atom. The lowest BCUT2D eigenvalue weighted by molar-refractivity contribution is 0.272. The maximum atomic E-state index is 5.71. The van der Waals surface area contributed by atoms with Crippen LogP contribution in [0.5, 0.6) is 0 Å². The van der Waals surface area contributed by atoms with Gasteiger partial charge in [0, 0.05) is 12.4 Å². The van der Waals surface area contributed by atoms with Gasteiger partial charge in [-0.2, -0.15) is 0 Å². The van der Waals surface area contributed by atoms with Crippen LogP contribution in [0.4, 0.5) is 0 Å². The average Bonchev–Trinajstić information content (AvgIpc) is 2.01. The standard InChI is InChI=1S/C10H22ClN/c1-4-7-12(9-6-11)8-5-10(2)3/h10H,4-9H2,1-3H3. The molecule has 0 amide bonds. The van der Waals surface area contributed by atoms with Gasteiger partial charge in [0.2, 0.25) is 0 Å². The number of rotatable bonds is 7. The van der Waals surface area contributed by atoms with Crippen LogP contribution in [0.3, 0.4) is 0 Å². The zero-order valence-corrected chi connectivity index (χ0v) is 9.40. The fourth-order valence-corrected chi connectivity index (χ4v) is 1.45. The van der Waals surface area contributed by atoms with E-state index in [1.165, 1.54) is 25.9 Å². The highest BCUT2D eigenvalue weighted by Gasteiger charge is 2.03. The van der Waals surface area contributed by atoms with E-state index < -0.39 is 0 Å². The van der Waals surface area contributed by atoms with Crippen LogP contribution in [-0.4, -0.2) is 30.4 Å². The first-order valence-corrected chi connectivity index (χ1v) is 5.52. The van der Waals surface area contributed by atoms with E-state index in [9.17, 15) is 0 Å². The van der Waals surface area contributed by atoms with E-state index in [4.69, 9.17) is 11.6 Å². The SMILES string of the molecule is CCCN(CCCl)CCC(C)C. The highest BCUT2D eigenvalue weighted by molar-refractivity contribution is 6.18. The van der Waals surface area contributed by atoms with E-state index in [-0.39, 0.29) is 0 Å². The second-order valence-corrected chi connectivity index (χ2v) is 4.09. The van der Waals surface area contributed by atoms with Crippen LogP contribution in [0.1, 0.15) is 33.6 Å². The Kier molecular flexibility index (Phi) is 8.04. The van der Waals surface area contributed by atoms with Crippen LogP contribution < -0.4 is 0 Å². The molecule has 74 valence electrons. The predicted molar refractivity (Wildman–Crippen MR) is 56.9 cm³/mol. The summed E-state index contributed by atoms with van der Waals surface area (Å²) < 4.78 is 0. The molecule has 0 bridgehead atoms. The maximum Gasteiger partial charge on any atom is 0.0351 e. The second kappa shape index (κ2) is 7.88. The smallest absolute Gasteiger partial charge is 0.0351 e. The molecular formula is C10H22ClN. The molecule has 1 nitrogen and oxygen atoms in total. The molecule has 0 saturated heterocycles. The van der Waals surface area contributed by atoms with Gasteiger partial charge >= 0.3 is 0 Å². The van der Waals surface area contributed by atoms with Crippen molar-refractivity contribution in [3.8, 4) is 0 Å². The van der Waals surface area contributed by atoms with Gasteiger partial charge in [0.05, 0.1) is 0 Å². The zero-order valence-electron chi connectivity index (χ0n) is 8.65. The van der Waals surface area contributed by atoms with E-state index >= 15 is 0 Å². The van der Waals surface area contributed by atoms with Gasteiger partial charge in [0.25, 0.3) is 0 Å². The van der Waals surface area contributed by atoms with Crippen LogP contribution in [-0.2, 0) is 0 Å². The van der Waals surface area contributed by atoms with Gasteiger partial charge in [-0.3, -0.25) is 0 Å². The van der Waals surface area contributed by atoms with Gasteiger partial charge in [-0.25, -0.2) is 0 Å². The largest absolute Gasteiger partial charge is 0.302 e. The van der Waals surface area contributed by atoms with Gasteiger partial charge in [0.1, 0.15) is 0 Å². The van der Waals surface area contributed by atoms with Crippen LogP contribution in [0.25, 0.3) is 0 Å². The second-order valence-electron chi connectivity index (χ2n) is 3.71. The van der Waals surface area contributed by atoms with Crippen molar-refractivity contribution >= 4 is 11.6 Å². The minimum absolute atomic E-state index is 0.762. The number of alkyl halides is 1. The molecule has 0 aromatic carbocycles. The number of nitrogens with zero attached hydrogens (tertiary/aromatic N) is 1. The highest BCUT2D eigenvalue weighted by atomic mass is 35.5. The van der Waals surface area contributed by atoms with Crippen LogP contribution in [0.15, 0.2) is 0 Å². The van der Waals surface area contributed by atoms with Crippen molar-refractivity contribution in [3.63, 3.8) is 0 Å². The van der Waals surface area contributed by atoms with Gasteiger partial charge in [-0.05, 0) is 31.8 Å². The third kappa shape index (κ3) is 6.93. The van der Waals surface area contributed by atoms with Gasteiger partial charge in [-0.15, -0.1) is 11.6 Å². The Labute approximate surface area is 82.1 Å². The predicted octanol–water partition coefficient (Wildman–Crippen LogP) is 2.98. The normalized spacial score (nSPS) is 11.5. The number of hydrogen-bond donors (Lipinski definition) is 0. The fourth-order valence-electron chi connectivity index (χ4n) is 1.21. The molecule has 0 heterocycles. The summed E-state index contributed by atoms with van der Waals surface area (Å²) in [5.74, 6) is 1.57. The molecule has 0 fully saturated rings. The zero-order chi connectivity index (χ0) is 9.40. The summed E-state index contributed by atoms with van der Waals surface area (Å²) >= 11 is 5.71. The molecule has 0 radical (unpaired) electrons. The van der Waals surface area contributed by atoms with E-state index in [1.54, 1.807) is 0 Å². The first kappa shape index (κ1) is 12.2. The molecule has 0 N–H and O–H groups in total. The Morgan fingerprint density at radius 1 is 1.17 bits per heavy atom. The third-order valence-electron chi connectivity index (χ3n) is 1.96. The van der Waals surface area contributed by atoms with Crippen molar-refractivity contribution in [2.45, 2.75) is 33.6 Å². The average molecular weight is 192 g/mol. The summed E-state index contributed by atoms with van der Waals surface area (Å²) in [5, 5.41) is 0. The van der Waals surface area contributed by atoms with Gasteiger partial charge in [0.15, 0.2) is 0 Å². The van der Waals surface area contributed by atoms with E-state index in [1.807, 2.05) is 0 Å². The van der Waals surface area contributed by atoms with Crippen molar-refractivity contribution in [1.29, 1.82) is 0 Å². The highest BCUT2D eigenvalue weighted by Crippen LogP contribution is 2.02. The Balaban J connectivity index is 3.48. The monoisotopic (exact) mass is 191 g/mol. The summed E-state index contributed by atoms with van der Waals surface area (Å²) in [6, 6.07) is 0. The van der Waals surface area contributed by atoms with Crippen molar-refractivity contribution in [2.24, 2.45) is 5.92 Å². The van der Waals surface area contributed by atoms with Crippen molar-refractivity contribution < 1.29 is 0 Å².